The molecule has 0 atom stereocenters. The number of benzene rings is 1. The molecule has 7 heteroatoms. The summed E-state index contributed by atoms with van der Waals surface area (Å²) in [6, 6.07) is 3.63. The lowest BCUT2D eigenvalue weighted by Gasteiger charge is -2.34. The lowest BCUT2D eigenvalue weighted by Crippen LogP contribution is -2.50. The van der Waals surface area contributed by atoms with Crippen LogP contribution in [0.4, 0.5) is 0 Å². The molecule has 0 N–H and O–H groups in total. The lowest BCUT2D eigenvalue weighted by molar-refractivity contribution is -0.137. The molecule has 0 unspecified atom stereocenters. The third kappa shape index (κ3) is 4.84. The van der Waals surface area contributed by atoms with Gasteiger partial charge in [0.2, 0.25) is 11.8 Å². The number of halogens is 3. The number of aryl methyl sites for hydroxylation is 1. The summed E-state index contributed by atoms with van der Waals surface area (Å²) < 4.78 is 1.01. The first-order valence-corrected chi connectivity index (χ1v) is 9.08. The zero-order chi connectivity index (χ0) is 17.0. The van der Waals surface area contributed by atoms with Crippen LogP contribution in [0.15, 0.2) is 24.8 Å². The molecule has 0 aliphatic carbocycles. The van der Waals surface area contributed by atoms with Gasteiger partial charge in [-0.25, -0.2) is 0 Å². The summed E-state index contributed by atoms with van der Waals surface area (Å²) in [5.41, 5.74) is 1.02. The molecule has 1 aromatic rings. The number of nitrogens with zero attached hydrogens (tertiary/aromatic N) is 2. The van der Waals surface area contributed by atoms with Crippen molar-refractivity contribution < 1.29 is 9.59 Å². The van der Waals surface area contributed by atoms with E-state index in [1.807, 2.05) is 12.1 Å². The SMILES string of the molecule is C=CC(=O)N1CCN(C(=O)CCc2cc(Cl)c(Cl)cc2I)CC1. The second kappa shape index (κ2) is 8.35. The predicted octanol–water partition coefficient (Wildman–Crippen LogP) is 3.39. The van der Waals surface area contributed by atoms with Gasteiger partial charge < -0.3 is 9.80 Å². The van der Waals surface area contributed by atoms with E-state index in [9.17, 15) is 9.59 Å². The molecule has 4 nitrogen and oxygen atoms in total. The Hall–Kier alpha value is -0.790. The van der Waals surface area contributed by atoms with Gasteiger partial charge >= 0.3 is 0 Å². The maximum Gasteiger partial charge on any atom is 0.246 e. The molecule has 23 heavy (non-hydrogen) atoms. The molecule has 0 spiro atoms. The smallest absolute Gasteiger partial charge is 0.246 e. The number of rotatable bonds is 4. The van der Waals surface area contributed by atoms with Crippen LogP contribution in [0.2, 0.25) is 10.0 Å². The monoisotopic (exact) mass is 466 g/mol. The Labute approximate surface area is 159 Å². The van der Waals surface area contributed by atoms with E-state index in [-0.39, 0.29) is 11.8 Å². The van der Waals surface area contributed by atoms with Gasteiger partial charge in [0.1, 0.15) is 0 Å². The first-order chi connectivity index (χ1) is 10.9. The molecule has 0 radical (unpaired) electrons. The molecular weight excluding hydrogens is 450 g/mol. The minimum Gasteiger partial charge on any atom is -0.339 e. The molecule has 1 saturated heterocycles. The summed E-state index contributed by atoms with van der Waals surface area (Å²) in [6.45, 7) is 5.73. The third-order valence-corrected chi connectivity index (χ3v) is 5.54. The standard InChI is InChI=1S/C16H17Cl2IN2O2/c1-2-15(22)20-5-7-21(8-6-20)16(23)4-3-11-9-12(17)13(18)10-14(11)19/h2,9-10H,1,3-8H2. The van der Waals surface area contributed by atoms with Crippen molar-refractivity contribution in [1.82, 2.24) is 9.80 Å². The number of carbonyl (C=O) groups is 2. The zero-order valence-electron chi connectivity index (χ0n) is 12.5. The molecule has 1 fully saturated rings. The molecule has 0 bridgehead atoms. The molecule has 124 valence electrons. The Balaban J connectivity index is 1.88. The molecule has 2 rings (SSSR count). The molecule has 0 saturated carbocycles. The summed E-state index contributed by atoms with van der Waals surface area (Å²) in [5.74, 6) is 0.0139. The average Bonchev–Trinajstić information content (AvgIpc) is 2.56. The minimum absolute atomic E-state index is 0.0811. The van der Waals surface area contributed by atoms with E-state index in [0.29, 0.717) is 49.1 Å². The highest BCUT2D eigenvalue weighted by Gasteiger charge is 2.22. The molecule has 1 aliphatic rings. The van der Waals surface area contributed by atoms with Crippen molar-refractivity contribution in [1.29, 1.82) is 0 Å². The molecule has 0 aromatic heterocycles. The topological polar surface area (TPSA) is 40.6 Å². The van der Waals surface area contributed by atoms with E-state index < -0.39 is 0 Å². The minimum atomic E-state index is -0.0811. The van der Waals surface area contributed by atoms with E-state index in [4.69, 9.17) is 23.2 Å². The second-order valence-corrected chi connectivity index (χ2v) is 7.24. The van der Waals surface area contributed by atoms with Gasteiger partial charge in [0, 0.05) is 36.2 Å². The van der Waals surface area contributed by atoms with Gasteiger partial charge in [-0.3, -0.25) is 9.59 Å². The van der Waals surface area contributed by atoms with E-state index in [0.717, 1.165) is 9.13 Å². The third-order valence-electron chi connectivity index (χ3n) is 3.82. The second-order valence-electron chi connectivity index (χ2n) is 5.27. The molecule has 1 aromatic carbocycles. The number of carbonyl (C=O) groups excluding carboxylic acids is 2. The van der Waals surface area contributed by atoms with E-state index in [2.05, 4.69) is 29.2 Å². The summed E-state index contributed by atoms with van der Waals surface area (Å²) >= 11 is 14.2. The highest BCUT2D eigenvalue weighted by molar-refractivity contribution is 14.1. The van der Waals surface area contributed by atoms with Gasteiger partial charge in [0.05, 0.1) is 10.0 Å². The Kier molecular flexibility index (Phi) is 6.73. The first-order valence-electron chi connectivity index (χ1n) is 7.25. The first kappa shape index (κ1) is 18.5. The van der Waals surface area contributed by atoms with Crippen LogP contribution in [-0.4, -0.2) is 47.8 Å². The van der Waals surface area contributed by atoms with Gasteiger partial charge in [0.25, 0.3) is 0 Å². The van der Waals surface area contributed by atoms with Crippen LogP contribution in [-0.2, 0) is 16.0 Å². The van der Waals surface area contributed by atoms with Gasteiger partial charge in [-0.2, -0.15) is 0 Å². The van der Waals surface area contributed by atoms with Crippen LogP contribution in [0.25, 0.3) is 0 Å². The van der Waals surface area contributed by atoms with Crippen molar-refractivity contribution >= 4 is 57.6 Å². The lowest BCUT2D eigenvalue weighted by atomic mass is 10.1. The van der Waals surface area contributed by atoms with Crippen molar-refractivity contribution in [2.45, 2.75) is 12.8 Å². The Morgan fingerprint density at radius 1 is 1.13 bits per heavy atom. The normalized spacial score (nSPS) is 14.7. The molecule has 2 amide bonds. The molecule has 1 heterocycles. The van der Waals surface area contributed by atoms with Crippen molar-refractivity contribution in [2.75, 3.05) is 26.2 Å². The van der Waals surface area contributed by atoms with Crippen LogP contribution in [0.1, 0.15) is 12.0 Å². The van der Waals surface area contributed by atoms with Gasteiger partial charge in [-0.15, -0.1) is 0 Å². The van der Waals surface area contributed by atoms with Crippen LogP contribution in [0.5, 0.6) is 0 Å². The summed E-state index contributed by atoms with van der Waals surface area (Å²) in [4.78, 5) is 27.4. The highest BCUT2D eigenvalue weighted by atomic mass is 127. The largest absolute Gasteiger partial charge is 0.339 e. The fourth-order valence-electron chi connectivity index (χ4n) is 2.46. The quantitative estimate of drug-likeness (QED) is 0.387. The predicted molar refractivity (Wildman–Crippen MR) is 101 cm³/mol. The Morgan fingerprint density at radius 2 is 1.70 bits per heavy atom. The van der Waals surface area contributed by atoms with Crippen molar-refractivity contribution in [2.24, 2.45) is 0 Å². The summed E-state index contributed by atoms with van der Waals surface area (Å²) in [6.07, 6.45) is 2.35. The average molecular weight is 467 g/mol. The fourth-order valence-corrected chi connectivity index (χ4v) is 3.73. The Morgan fingerprint density at radius 3 is 2.30 bits per heavy atom. The highest BCUT2D eigenvalue weighted by Crippen LogP contribution is 2.27. The van der Waals surface area contributed by atoms with E-state index in [1.165, 1.54) is 6.08 Å². The molecule has 1 aliphatic heterocycles. The van der Waals surface area contributed by atoms with Crippen LogP contribution < -0.4 is 0 Å². The van der Waals surface area contributed by atoms with E-state index in [1.54, 1.807) is 9.80 Å². The van der Waals surface area contributed by atoms with E-state index >= 15 is 0 Å². The fraction of sp³-hybridized carbons (Fsp3) is 0.375. The summed E-state index contributed by atoms with van der Waals surface area (Å²) in [5, 5.41) is 1.03. The number of hydrogen-bond acceptors (Lipinski definition) is 2. The van der Waals surface area contributed by atoms with Gasteiger partial charge in [-0.05, 0) is 52.8 Å². The van der Waals surface area contributed by atoms with Crippen LogP contribution >= 0.6 is 45.8 Å². The number of piperazine rings is 1. The van der Waals surface area contributed by atoms with Gasteiger partial charge in [0.15, 0.2) is 0 Å². The maximum atomic E-state index is 12.3. The van der Waals surface area contributed by atoms with Crippen molar-refractivity contribution in [3.05, 3.63) is 44.0 Å². The van der Waals surface area contributed by atoms with Crippen molar-refractivity contribution in [3.8, 4) is 0 Å². The number of amides is 2. The zero-order valence-corrected chi connectivity index (χ0v) is 16.2. The maximum absolute atomic E-state index is 12.3. The van der Waals surface area contributed by atoms with Crippen LogP contribution in [0, 0.1) is 3.57 Å². The summed E-state index contributed by atoms with van der Waals surface area (Å²) in [7, 11) is 0. The van der Waals surface area contributed by atoms with Crippen molar-refractivity contribution in [3.63, 3.8) is 0 Å². The Bertz CT molecular complexity index is 629. The van der Waals surface area contributed by atoms with Crippen LogP contribution in [0.3, 0.4) is 0 Å². The number of hydrogen-bond donors (Lipinski definition) is 0. The molecular formula is C16H17Cl2IN2O2. The van der Waals surface area contributed by atoms with Gasteiger partial charge in [-0.1, -0.05) is 29.8 Å².